The highest BCUT2D eigenvalue weighted by Gasteiger charge is 2.16. The van der Waals surface area contributed by atoms with Crippen molar-refractivity contribution in [3.8, 4) is 5.75 Å². The molecule has 1 aromatic heterocycles. The molecule has 0 unspecified atom stereocenters. The molecule has 2 aromatic carbocycles. The van der Waals surface area contributed by atoms with Crippen LogP contribution < -0.4 is 4.74 Å². The summed E-state index contributed by atoms with van der Waals surface area (Å²) in [4.78, 5) is 38.7. The van der Waals surface area contributed by atoms with Crippen LogP contribution >= 0.6 is 0 Å². The van der Waals surface area contributed by atoms with Gasteiger partial charge in [0, 0.05) is 18.0 Å². The number of hydrogen-bond donors (Lipinski definition) is 1. The fourth-order valence-electron chi connectivity index (χ4n) is 3.89. The van der Waals surface area contributed by atoms with Gasteiger partial charge < -0.3 is 19.2 Å². The van der Waals surface area contributed by atoms with E-state index in [1.165, 1.54) is 7.11 Å². The Morgan fingerprint density at radius 3 is 2.17 bits per heavy atom. The molecule has 186 valence electrons. The van der Waals surface area contributed by atoms with Crippen LogP contribution in [0.5, 0.6) is 5.75 Å². The second-order valence-electron chi connectivity index (χ2n) is 8.45. The standard InChI is InChI=1S/C28H33NO6/c1-33-27(31)22-14-16-23(17-15-22)34-20-9-7-5-3-2-4-6-8-13-25(30)35-28(32)24-12-10-11-21-18-19-29-26(21)24/h10-12,14-19,29H,2-9,13,20H2,1H3. The van der Waals surface area contributed by atoms with Gasteiger partial charge in [-0.05, 0) is 49.2 Å². The van der Waals surface area contributed by atoms with Crippen LogP contribution in [0.1, 0.15) is 78.5 Å². The Bertz CT molecular complexity index is 1100. The highest BCUT2D eigenvalue weighted by atomic mass is 16.6. The summed E-state index contributed by atoms with van der Waals surface area (Å²) in [6.07, 6.45) is 10.2. The maximum atomic E-state index is 12.3. The first kappa shape index (κ1) is 26.0. The lowest BCUT2D eigenvalue weighted by atomic mass is 10.1. The quantitative estimate of drug-likeness (QED) is 0.167. The van der Waals surface area contributed by atoms with Gasteiger partial charge in [-0.3, -0.25) is 4.79 Å². The lowest BCUT2D eigenvalue weighted by Crippen LogP contribution is -2.12. The number of carbonyl (C=O) groups is 3. The van der Waals surface area contributed by atoms with E-state index < -0.39 is 11.9 Å². The average Bonchev–Trinajstić information content (AvgIpc) is 3.36. The third kappa shape index (κ3) is 8.28. The molecular weight excluding hydrogens is 446 g/mol. The predicted molar refractivity (Wildman–Crippen MR) is 134 cm³/mol. The van der Waals surface area contributed by atoms with E-state index in [4.69, 9.17) is 9.47 Å². The van der Waals surface area contributed by atoms with Crippen molar-refractivity contribution in [3.63, 3.8) is 0 Å². The van der Waals surface area contributed by atoms with Crippen LogP contribution in [0.4, 0.5) is 0 Å². The van der Waals surface area contributed by atoms with Gasteiger partial charge in [0.15, 0.2) is 0 Å². The predicted octanol–water partition coefficient (Wildman–Crippen LogP) is 6.23. The largest absolute Gasteiger partial charge is 0.494 e. The molecule has 0 bridgehead atoms. The van der Waals surface area contributed by atoms with E-state index in [-0.39, 0.29) is 12.4 Å². The highest BCUT2D eigenvalue weighted by molar-refractivity contribution is 6.06. The summed E-state index contributed by atoms with van der Waals surface area (Å²) < 4.78 is 15.4. The maximum absolute atomic E-state index is 12.3. The fraction of sp³-hybridized carbons (Fsp3) is 0.393. The Kier molecular flexibility index (Phi) is 10.4. The van der Waals surface area contributed by atoms with Crippen LogP contribution in [0.25, 0.3) is 10.9 Å². The minimum Gasteiger partial charge on any atom is -0.494 e. The SMILES string of the molecule is COC(=O)c1ccc(OCCCCCCCCCCC(=O)OC(=O)c2cccc3cc[nH]c23)cc1. The van der Waals surface area contributed by atoms with Gasteiger partial charge in [0.05, 0.1) is 30.4 Å². The summed E-state index contributed by atoms with van der Waals surface area (Å²) in [5.41, 5.74) is 1.57. The Morgan fingerprint density at radius 2 is 1.46 bits per heavy atom. The number of esters is 3. The minimum atomic E-state index is -0.606. The number of unbranched alkanes of at least 4 members (excludes halogenated alkanes) is 7. The Hall–Kier alpha value is -3.61. The number of fused-ring (bicyclic) bond motifs is 1. The van der Waals surface area contributed by atoms with E-state index in [1.54, 1.807) is 42.6 Å². The van der Waals surface area contributed by atoms with Gasteiger partial charge in [0.1, 0.15) is 5.75 Å². The zero-order valence-corrected chi connectivity index (χ0v) is 20.2. The number of benzene rings is 2. The fourth-order valence-corrected chi connectivity index (χ4v) is 3.89. The number of methoxy groups -OCH3 is 1. The summed E-state index contributed by atoms with van der Waals surface area (Å²) >= 11 is 0. The van der Waals surface area contributed by atoms with Crippen molar-refractivity contribution in [1.82, 2.24) is 4.98 Å². The van der Waals surface area contributed by atoms with Gasteiger partial charge in [-0.2, -0.15) is 0 Å². The number of ether oxygens (including phenoxy) is 3. The zero-order chi connectivity index (χ0) is 24.9. The van der Waals surface area contributed by atoms with E-state index in [0.29, 0.717) is 23.3 Å². The highest BCUT2D eigenvalue weighted by Crippen LogP contribution is 2.18. The second-order valence-corrected chi connectivity index (χ2v) is 8.45. The molecule has 0 radical (unpaired) electrons. The minimum absolute atomic E-state index is 0.254. The molecule has 0 fully saturated rings. The van der Waals surface area contributed by atoms with Gasteiger partial charge in [0.25, 0.3) is 0 Å². The van der Waals surface area contributed by atoms with Crippen LogP contribution in [0.2, 0.25) is 0 Å². The number of H-pyrrole nitrogens is 1. The van der Waals surface area contributed by atoms with E-state index in [9.17, 15) is 14.4 Å². The molecule has 0 aliphatic carbocycles. The lowest BCUT2D eigenvalue weighted by Gasteiger charge is -2.07. The molecule has 3 aromatic rings. The first-order valence-corrected chi connectivity index (χ1v) is 12.2. The number of aromatic amines is 1. The second kappa shape index (κ2) is 13.9. The van der Waals surface area contributed by atoms with Crippen LogP contribution in [0, 0.1) is 0 Å². The van der Waals surface area contributed by atoms with Gasteiger partial charge in [-0.15, -0.1) is 0 Å². The van der Waals surface area contributed by atoms with Gasteiger partial charge in [-0.25, -0.2) is 9.59 Å². The molecule has 0 aliphatic rings. The first-order chi connectivity index (χ1) is 17.1. The van der Waals surface area contributed by atoms with E-state index >= 15 is 0 Å². The molecular formula is C28H33NO6. The number of nitrogens with one attached hydrogen (secondary N) is 1. The molecule has 0 saturated heterocycles. The van der Waals surface area contributed by atoms with Crippen molar-refractivity contribution in [2.24, 2.45) is 0 Å². The molecule has 7 heteroatoms. The molecule has 0 saturated carbocycles. The summed E-state index contributed by atoms with van der Waals surface area (Å²) in [7, 11) is 1.36. The first-order valence-electron chi connectivity index (χ1n) is 12.2. The number of para-hydroxylation sites is 1. The maximum Gasteiger partial charge on any atom is 0.347 e. The lowest BCUT2D eigenvalue weighted by molar-refractivity contribution is -0.138. The van der Waals surface area contributed by atoms with Gasteiger partial charge in [0.2, 0.25) is 0 Å². The van der Waals surface area contributed by atoms with Crippen molar-refractivity contribution in [2.75, 3.05) is 13.7 Å². The Balaban J connectivity index is 1.17. The van der Waals surface area contributed by atoms with Crippen LogP contribution in [0.15, 0.2) is 54.7 Å². The molecule has 1 heterocycles. The number of rotatable bonds is 14. The van der Waals surface area contributed by atoms with Crippen LogP contribution in [-0.4, -0.2) is 36.6 Å². The zero-order valence-electron chi connectivity index (χ0n) is 20.2. The summed E-state index contributed by atoms with van der Waals surface area (Å²) in [6, 6.07) is 14.1. The summed E-state index contributed by atoms with van der Waals surface area (Å²) in [5, 5.41) is 0.908. The van der Waals surface area contributed by atoms with Crippen molar-refractivity contribution in [1.29, 1.82) is 0 Å². The smallest absolute Gasteiger partial charge is 0.347 e. The molecule has 1 N–H and O–H groups in total. The van der Waals surface area contributed by atoms with Gasteiger partial charge >= 0.3 is 17.9 Å². The molecule has 0 aliphatic heterocycles. The third-order valence-electron chi connectivity index (χ3n) is 5.83. The van der Waals surface area contributed by atoms with Crippen LogP contribution in [-0.2, 0) is 14.3 Å². The topological polar surface area (TPSA) is 94.7 Å². The monoisotopic (exact) mass is 479 g/mol. The molecule has 3 rings (SSSR count). The summed E-state index contributed by atoms with van der Waals surface area (Å²) in [5.74, 6) is -0.684. The van der Waals surface area contributed by atoms with Crippen molar-refractivity contribution >= 4 is 28.8 Å². The number of carbonyl (C=O) groups excluding carboxylic acids is 3. The normalized spacial score (nSPS) is 10.8. The van der Waals surface area contributed by atoms with Gasteiger partial charge in [-0.1, -0.05) is 50.7 Å². The molecule has 0 atom stereocenters. The van der Waals surface area contributed by atoms with Crippen molar-refractivity contribution in [2.45, 2.75) is 57.8 Å². The molecule has 0 spiro atoms. The summed E-state index contributed by atoms with van der Waals surface area (Å²) in [6.45, 7) is 0.650. The van der Waals surface area contributed by atoms with Crippen molar-refractivity contribution in [3.05, 3.63) is 65.9 Å². The average molecular weight is 480 g/mol. The van der Waals surface area contributed by atoms with E-state index in [0.717, 1.165) is 62.5 Å². The van der Waals surface area contributed by atoms with Crippen molar-refractivity contribution < 1.29 is 28.6 Å². The Morgan fingerprint density at radius 1 is 0.771 bits per heavy atom. The van der Waals surface area contributed by atoms with Crippen LogP contribution in [0.3, 0.4) is 0 Å². The third-order valence-corrected chi connectivity index (χ3v) is 5.83. The molecule has 35 heavy (non-hydrogen) atoms. The molecule has 0 amide bonds. The Labute approximate surface area is 205 Å². The van der Waals surface area contributed by atoms with E-state index in [2.05, 4.69) is 9.72 Å². The number of aromatic nitrogens is 1. The van der Waals surface area contributed by atoms with E-state index in [1.807, 2.05) is 12.1 Å². The number of hydrogen-bond acceptors (Lipinski definition) is 6. The molecule has 7 nitrogen and oxygen atoms in total.